The number of carbonyl (C=O) groups is 2. The Morgan fingerprint density at radius 3 is 2.41 bits per heavy atom. The molecule has 1 aliphatic heterocycles. The van der Waals surface area contributed by atoms with Crippen molar-refractivity contribution in [3.63, 3.8) is 0 Å². The molecule has 10 nitrogen and oxygen atoms in total. The summed E-state index contributed by atoms with van der Waals surface area (Å²) in [5, 5.41) is 19.1. The highest BCUT2D eigenvalue weighted by atomic mass is 32.2. The van der Waals surface area contributed by atoms with E-state index in [0.29, 0.717) is 19.6 Å². The van der Waals surface area contributed by atoms with Crippen LogP contribution < -0.4 is 9.46 Å². The second-order valence-corrected chi connectivity index (χ2v) is 12.1. The van der Waals surface area contributed by atoms with E-state index in [4.69, 9.17) is 4.74 Å². The lowest BCUT2D eigenvalue weighted by Gasteiger charge is -2.38. The number of likely N-dealkylation sites (N-methyl/N-ethyl adjacent to an activating group) is 1. The summed E-state index contributed by atoms with van der Waals surface area (Å²) in [5.41, 5.74) is 1.46. The number of benzene rings is 3. The van der Waals surface area contributed by atoms with Gasteiger partial charge in [0.2, 0.25) is 0 Å². The van der Waals surface area contributed by atoms with Gasteiger partial charge in [0.25, 0.3) is 15.9 Å². The number of carboxylic acids is 1. The average molecular weight is 582 g/mol. The fourth-order valence-electron chi connectivity index (χ4n) is 4.78. The molecular formula is C30H35N3O7S. The van der Waals surface area contributed by atoms with Crippen LogP contribution in [0.15, 0.2) is 77.7 Å². The molecule has 0 fully saturated rings. The zero-order chi connectivity index (χ0) is 29.7. The number of carbonyl (C=O) groups excluding carboxylic acids is 1. The Morgan fingerprint density at radius 1 is 1.10 bits per heavy atom. The van der Waals surface area contributed by atoms with Gasteiger partial charge in [-0.25, -0.2) is 13.2 Å². The van der Waals surface area contributed by atoms with Gasteiger partial charge >= 0.3 is 5.97 Å². The van der Waals surface area contributed by atoms with Crippen LogP contribution in [0.25, 0.3) is 0 Å². The lowest BCUT2D eigenvalue weighted by Crippen LogP contribution is -2.49. The number of aliphatic hydroxyl groups excluding tert-OH is 1. The molecule has 0 radical (unpaired) electrons. The molecule has 1 aliphatic rings. The zero-order valence-electron chi connectivity index (χ0n) is 23.2. The summed E-state index contributed by atoms with van der Waals surface area (Å²) in [7, 11) is -2.06. The van der Waals surface area contributed by atoms with E-state index in [0.717, 1.165) is 5.56 Å². The monoisotopic (exact) mass is 581 g/mol. The Kier molecular flexibility index (Phi) is 9.31. The van der Waals surface area contributed by atoms with Crippen LogP contribution in [-0.2, 0) is 16.6 Å². The number of carboxylic acid groups (broad SMARTS) is 1. The Morgan fingerprint density at radius 2 is 1.78 bits per heavy atom. The van der Waals surface area contributed by atoms with Gasteiger partial charge in [-0.2, -0.15) is 0 Å². The van der Waals surface area contributed by atoms with Crippen LogP contribution >= 0.6 is 0 Å². The molecule has 3 aromatic carbocycles. The molecule has 0 saturated carbocycles. The molecule has 11 heteroatoms. The smallest absolute Gasteiger partial charge is 0.335 e. The van der Waals surface area contributed by atoms with E-state index in [9.17, 15) is 28.2 Å². The van der Waals surface area contributed by atoms with Crippen molar-refractivity contribution in [2.24, 2.45) is 5.92 Å². The van der Waals surface area contributed by atoms with Crippen molar-refractivity contribution in [1.29, 1.82) is 0 Å². The van der Waals surface area contributed by atoms with Gasteiger partial charge in [-0.1, -0.05) is 43.3 Å². The molecule has 3 atom stereocenters. The van der Waals surface area contributed by atoms with Crippen LogP contribution in [0.5, 0.6) is 5.75 Å². The molecule has 218 valence electrons. The van der Waals surface area contributed by atoms with E-state index < -0.39 is 28.1 Å². The summed E-state index contributed by atoms with van der Waals surface area (Å²) < 4.78 is 35.5. The minimum Gasteiger partial charge on any atom is -0.486 e. The maximum Gasteiger partial charge on any atom is 0.335 e. The third-order valence-electron chi connectivity index (χ3n) is 7.13. The minimum atomic E-state index is -3.97. The molecule has 1 heterocycles. The van der Waals surface area contributed by atoms with Gasteiger partial charge in [0.05, 0.1) is 34.4 Å². The van der Waals surface area contributed by atoms with Gasteiger partial charge in [-0.3, -0.25) is 14.4 Å². The van der Waals surface area contributed by atoms with Crippen LogP contribution in [-0.4, -0.2) is 79.2 Å². The highest BCUT2D eigenvalue weighted by molar-refractivity contribution is 7.92. The second-order valence-electron chi connectivity index (χ2n) is 10.4. The first-order valence-electron chi connectivity index (χ1n) is 13.3. The Hall–Kier alpha value is -3.93. The van der Waals surface area contributed by atoms with Crippen molar-refractivity contribution in [2.45, 2.75) is 37.4 Å². The van der Waals surface area contributed by atoms with E-state index in [1.807, 2.05) is 18.9 Å². The number of fused-ring (bicyclic) bond motifs is 1. The standard InChI is InChI=1S/C30H35N3O7S/c1-20-16-33(21(2)19-34)29(35)25-10-7-11-26(31-41(38,39)24-8-5-4-6-9-24)28(25)40-27(20)18-32(3)17-22-12-14-23(15-13-22)30(36)37/h4-15,20-21,27,31,34H,16-19H2,1-3H3,(H,36,37)/t20-,21-,27+/m1/s1. The third kappa shape index (κ3) is 7.05. The maximum atomic E-state index is 13.7. The van der Waals surface area contributed by atoms with Gasteiger partial charge in [-0.05, 0) is 55.9 Å². The van der Waals surface area contributed by atoms with E-state index in [2.05, 4.69) is 4.72 Å². The lowest BCUT2D eigenvalue weighted by molar-refractivity contribution is 0.0343. The fraction of sp³-hybridized carbons (Fsp3) is 0.333. The first-order valence-corrected chi connectivity index (χ1v) is 14.8. The number of rotatable bonds is 10. The topological polar surface area (TPSA) is 136 Å². The Labute approximate surface area is 240 Å². The quantitative estimate of drug-likeness (QED) is 0.331. The maximum absolute atomic E-state index is 13.7. The number of anilines is 1. The number of ether oxygens (including phenoxy) is 1. The molecule has 4 rings (SSSR count). The van der Waals surface area contributed by atoms with Crippen molar-refractivity contribution >= 4 is 27.6 Å². The number of sulfonamides is 1. The normalized spacial score (nSPS) is 18.2. The number of para-hydroxylation sites is 1. The number of amides is 1. The number of aliphatic hydroxyl groups is 1. The summed E-state index contributed by atoms with van der Waals surface area (Å²) in [5.74, 6) is -1.41. The molecule has 0 unspecified atom stereocenters. The number of nitrogens with zero attached hydrogens (tertiary/aromatic N) is 2. The summed E-state index contributed by atoms with van der Waals surface area (Å²) in [4.78, 5) is 28.6. The summed E-state index contributed by atoms with van der Waals surface area (Å²) in [6.45, 7) is 4.74. The molecular weight excluding hydrogens is 546 g/mol. The number of nitrogens with one attached hydrogen (secondary N) is 1. The van der Waals surface area contributed by atoms with Crippen molar-refractivity contribution < 1.29 is 33.0 Å². The van der Waals surface area contributed by atoms with Gasteiger partial charge in [0.1, 0.15) is 6.10 Å². The third-order valence-corrected chi connectivity index (χ3v) is 8.52. The fourth-order valence-corrected chi connectivity index (χ4v) is 5.86. The number of hydrogen-bond acceptors (Lipinski definition) is 7. The first kappa shape index (κ1) is 30.0. The van der Waals surface area contributed by atoms with Crippen LogP contribution in [0.3, 0.4) is 0 Å². The second kappa shape index (κ2) is 12.7. The molecule has 41 heavy (non-hydrogen) atoms. The zero-order valence-corrected chi connectivity index (χ0v) is 24.0. The van der Waals surface area contributed by atoms with E-state index in [1.54, 1.807) is 72.5 Å². The summed E-state index contributed by atoms with van der Waals surface area (Å²) in [6.07, 6.45) is -0.457. The predicted octanol–water partition coefficient (Wildman–Crippen LogP) is 3.54. The molecule has 0 spiro atoms. The lowest BCUT2D eigenvalue weighted by atomic mass is 9.99. The molecule has 0 saturated heterocycles. The molecule has 1 amide bonds. The van der Waals surface area contributed by atoms with Crippen molar-refractivity contribution in [3.05, 3.63) is 89.5 Å². The Balaban J connectivity index is 1.67. The van der Waals surface area contributed by atoms with Crippen LogP contribution in [0.4, 0.5) is 5.69 Å². The minimum absolute atomic E-state index is 0.0730. The van der Waals surface area contributed by atoms with Crippen LogP contribution in [0.2, 0.25) is 0 Å². The summed E-state index contributed by atoms with van der Waals surface area (Å²) in [6, 6.07) is 18.9. The van der Waals surface area contributed by atoms with Crippen LogP contribution in [0, 0.1) is 5.92 Å². The van der Waals surface area contributed by atoms with E-state index >= 15 is 0 Å². The van der Waals surface area contributed by atoms with E-state index in [-0.39, 0.29) is 45.9 Å². The van der Waals surface area contributed by atoms with Crippen molar-refractivity contribution in [3.8, 4) is 5.75 Å². The molecule has 0 aliphatic carbocycles. The predicted molar refractivity (Wildman–Crippen MR) is 155 cm³/mol. The summed E-state index contributed by atoms with van der Waals surface area (Å²) >= 11 is 0. The van der Waals surface area contributed by atoms with E-state index in [1.165, 1.54) is 12.1 Å². The van der Waals surface area contributed by atoms with Gasteiger partial charge in [0.15, 0.2) is 5.75 Å². The largest absolute Gasteiger partial charge is 0.486 e. The molecule has 0 aromatic heterocycles. The number of aromatic carboxylic acids is 1. The van der Waals surface area contributed by atoms with Crippen molar-refractivity contribution in [2.75, 3.05) is 31.5 Å². The highest BCUT2D eigenvalue weighted by Crippen LogP contribution is 2.36. The highest BCUT2D eigenvalue weighted by Gasteiger charge is 2.35. The SMILES string of the molecule is C[C@@H]1CN([C@H](C)CO)C(=O)c2cccc(NS(=O)(=O)c3ccccc3)c2O[C@H]1CN(C)Cc1ccc(C(=O)O)cc1. The van der Waals surface area contributed by atoms with Crippen molar-refractivity contribution in [1.82, 2.24) is 9.80 Å². The average Bonchev–Trinajstić information content (AvgIpc) is 2.95. The molecule has 3 aromatic rings. The first-order chi connectivity index (χ1) is 19.5. The Bertz CT molecular complexity index is 1480. The molecule has 0 bridgehead atoms. The molecule has 3 N–H and O–H groups in total. The number of hydrogen-bond donors (Lipinski definition) is 3. The van der Waals surface area contributed by atoms with Gasteiger partial charge in [0, 0.05) is 25.6 Å². The van der Waals surface area contributed by atoms with Crippen LogP contribution in [0.1, 0.15) is 40.1 Å². The van der Waals surface area contributed by atoms with Gasteiger partial charge in [-0.15, -0.1) is 0 Å². The van der Waals surface area contributed by atoms with Gasteiger partial charge < -0.3 is 19.8 Å².